The van der Waals surface area contributed by atoms with Crippen LogP contribution in [0.5, 0.6) is 0 Å². The van der Waals surface area contributed by atoms with Gasteiger partial charge in [0.2, 0.25) is 0 Å². The van der Waals surface area contributed by atoms with Gasteiger partial charge in [-0.15, -0.1) is 0 Å². The smallest absolute Gasteiger partial charge is 0.198 e. The lowest BCUT2D eigenvalue weighted by molar-refractivity contribution is 0.190. The molecule has 4 heteroatoms. The Labute approximate surface area is 106 Å². The topological polar surface area (TPSA) is 47.3 Å². The maximum absolute atomic E-state index is 5.74. The average Bonchev–Trinajstić information content (AvgIpc) is 3.10. The second kappa shape index (κ2) is 4.61. The van der Waals surface area contributed by atoms with Crippen molar-refractivity contribution < 1.29 is 9.15 Å². The summed E-state index contributed by atoms with van der Waals surface area (Å²) >= 11 is 0. The number of rotatable bonds is 5. The van der Waals surface area contributed by atoms with Crippen LogP contribution in [-0.4, -0.2) is 24.7 Å². The summed E-state index contributed by atoms with van der Waals surface area (Å²) in [5.74, 6) is 1.45. The van der Waals surface area contributed by atoms with Crippen molar-refractivity contribution in [3.8, 4) is 0 Å². The van der Waals surface area contributed by atoms with E-state index in [0.29, 0.717) is 12.5 Å². The molecule has 96 valence electrons. The Morgan fingerprint density at radius 1 is 1.50 bits per heavy atom. The highest BCUT2D eigenvalue weighted by molar-refractivity contribution is 5.77. The number of hydrogen-bond acceptors (Lipinski definition) is 4. The van der Waals surface area contributed by atoms with Crippen LogP contribution in [0.4, 0.5) is 5.69 Å². The molecule has 2 aromatic rings. The number of nitrogens with one attached hydrogen (secondary N) is 1. The van der Waals surface area contributed by atoms with Gasteiger partial charge in [-0.25, -0.2) is 4.98 Å². The largest absolute Gasteiger partial charge is 0.440 e. The molecule has 1 aromatic heterocycles. The van der Waals surface area contributed by atoms with Crippen LogP contribution in [-0.2, 0) is 4.74 Å². The first kappa shape index (κ1) is 11.5. The van der Waals surface area contributed by atoms with Crippen molar-refractivity contribution in [2.45, 2.75) is 31.7 Å². The number of oxazole rings is 1. The van der Waals surface area contributed by atoms with Gasteiger partial charge in [-0.1, -0.05) is 0 Å². The van der Waals surface area contributed by atoms with Crippen LogP contribution in [0.2, 0.25) is 0 Å². The molecule has 4 nitrogen and oxygen atoms in total. The molecule has 1 unspecified atom stereocenters. The second-order valence-corrected chi connectivity index (χ2v) is 5.01. The standard InChI is InChI=1S/C14H18N2O2/c1-9(8-17-2)15-11-5-6-13-12(7-11)16-14(18-13)10-3-4-10/h5-7,9-10,15H,3-4,8H2,1-2H3. The Bertz CT molecular complexity index is 546. The van der Waals surface area contributed by atoms with Gasteiger partial charge in [0, 0.05) is 24.8 Å². The fourth-order valence-corrected chi connectivity index (χ4v) is 2.12. The number of methoxy groups -OCH3 is 1. The summed E-state index contributed by atoms with van der Waals surface area (Å²) < 4.78 is 10.8. The quantitative estimate of drug-likeness (QED) is 0.880. The third-order valence-corrected chi connectivity index (χ3v) is 3.16. The number of hydrogen-bond donors (Lipinski definition) is 1. The van der Waals surface area contributed by atoms with Gasteiger partial charge >= 0.3 is 0 Å². The van der Waals surface area contributed by atoms with E-state index in [1.165, 1.54) is 12.8 Å². The minimum absolute atomic E-state index is 0.280. The predicted molar refractivity (Wildman–Crippen MR) is 70.9 cm³/mol. The van der Waals surface area contributed by atoms with E-state index < -0.39 is 0 Å². The Morgan fingerprint density at radius 2 is 2.33 bits per heavy atom. The monoisotopic (exact) mass is 246 g/mol. The van der Waals surface area contributed by atoms with Gasteiger partial charge in [-0.2, -0.15) is 0 Å². The van der Waals surface area contributed by atoms with Crippen LogP contribution in [0, 0.1) is 0 Å². The van der Waals surface area contributed by atoms with E-state index in [-0.39, 0.29) is 6.04 Å². The first-order valence-electron chi connectivity index (χ1n) is 6.42. The number of benzene rings is 1. The SMILES string of the molecule is COCC(C)Nc1ccc2oc(C3CC3)nc2c1. The Balaban J connectivity index is 1.81. The van der Waals surface area contributed by atoms with Crippen LogP contribution >= 0.6 is 0 Å². The van der Waals surface area contributed by atoms with Gasteiger partial charge in [0.1, 0.15) is 5.52 Å². The molecule has 18 heavy (non-hydrogen) atoms. The minimum Gasteiger partial charge on any atom is -0.440 e. The van der Waals surface area contributed by atoms with Crippen molar-refractivity contribution >= 4 is 16.8 Å². The molecule has 0 spiro atoms. The van der Waals surface area contributed by atoms with Crippen LogP contribution in [0.3, 0.4) is 0 Å². The van der Waals surface area contributed by atoms with E-state index in [4.69, 9.17) is 9.15 Å². The summed E-state index contributed by atoms with van der Waals surface area (Å²) in [7, 11) is 1.71. The lowest BCUT2D eigenvalue weighted by Gasteiger charge is -2.13. The maximum Gasteiger partial charge on any atom is 0.198 e. The van der Waals surface area contributed by atoms with Gasteiger partial charge < -0.3 is 14.5 Å². The summed E-state index contributed by atoms with van der Waals surface area (Å²) in [6.07, 6.45) is 2.42. The highest BCUT2D eigenvalue weighted by Crippen LogP contribution is 2.40. The average molecular weight is 246 g/mol. The summed E-state index contributed by atoms with van der Waals surface area (Å²) in [5.41, 5.74) is 2.87. The molecule has 1 heterocycles. The number of ether oxygens (including phenoxy) is 1. The Hall–Kier alpha value is -1.55. The fourth-order valence-electron chi connectivity index (χ4n) is 2.12. The summed E-state index contributed by atoms with van der Waals surface area (Å²) in [6.45, 7) is 2.77. The Morgan fingerprint density at radius 3 is 3.06 bits per heavy atom. The summed E-state index contributed by atoms with van der Waals surface area (Å²) in [5, 5.41) is 3.38. The van der Waals surface area contributed by atoms with Crippen molar-refractivity contribution in [2.75, 3.05) is 19.0 Å². The highest BCUT2D eigenvalue weighted by Gasteiger charge is 2.28. The van der Waals surface area contributed by atoms with Gasteiger partial charge in [-0.3, -0.25) is 0 Å². The van der Waals surface area contributed by atoms with Crippen molar-refractivity contribution in [2.24, 2.45) is 0 Å². The molecule has 3 rings (SSSR count). The second-order valence-electron chi connectivity index (χ2n) is 5.01. The normalized spacial score (nSPS) is 17.0. The summed E-state index contributed by atoms with van der Waals surface area (Å²) in [6, 6.07) is 6.32. The van der Waals surface area contributed by atoms with E-state index in [1.54, 1.807) is 7.11 Å². The first-order valence-corrected chi connectivity index (χ1v) is 6.42. The number of fused-ring (bicyclic) bond motifs is 1. The predicted octanol–water partition coefficient (Wildman–Crippen LogP) is 3.15. The molecule has 1 aromatic carbocycles. The van der Waals surface area contributed by atoms with Crippen molar-refractivity contribution in [3.05, 3.63) is 24.1 Å². The lowest BCUT2D eigenvalue weighted by atomic mass is 10.2. The van der Waals surface area contributed by atoms with Crippen LogP contribution in [0.15, 0.2) is 22.6 Å². The molecule has 0 radical (unpaired) electrons. The highest BCUT2D eigenvalue weighted by atomic mass is 16.5. The molecule has 1 aliphatic rings. The zero-order chi connectivity index (χ0) is 12.5. The van der Waals surface area contributed by atoms with Crippen molar-refractivity contribution in [1.29, 1.82) is 0 Å². The molecular weight excluding hydrogens is 228 g/mol. The van der Waals surface area contributed by atoms with Gasteiger partial charge in [-0.05, 0) is 38.0 Å². The molecule has 0 amide bonds. The molecular formula is C14H18N2O2. The van der Waals surface area contributed by atoms with Crippen LogP contribution < -0.4 is 5.32 Å². The third kappa shape index (κ3) is 2.34. The fraction of sp³-hybridized carbons (Fsp3) is 0.500. The van der Waals surface area contributed by atoms with E-state index in [2.05, 4.69) is 17.2 Å². The van der Waals surface area contributed by atoms with Crippen molar-refractivity contribution in [3.63, 3.8) is 0 Å². The van der Waals surface area contributed by atoms with E-state index in [1.807, 2.05) is 18.2 Å². The number of anilines is 1. The number of nitrogens with zero attached hydrogens (tertiary/aromatic N) is 1. The van der Waals surface area contributed by atoms with Gasteiger partial charge in [0.25, 0.3) is 0 Å². The van der Waals surface area contributed by atoms with Gasteiger partial charge in [0.15, 0.2) is 11.5 Å². The molecule has 0 bridgehead atoms. The van der Waals surface area contributed by atoms with E-state index in [0.717, 1.165) is 22.7 Å². The molecule has 1 atom stereocenters. The lowest BCUT2D eigenvalue weighted by Crippen LogP contribution is -2.20. The molecule has 1 saturated carbocycles. The van der Waals surface area contributed by atoms with Crippen LogP contribution in [0.25, 0.3) is 11.1 Å². The molecule has 1 N–H and O–H groups in total. The van der Waals surface area contributed by atoms with Gasteiger partial charge in [0.05, 0.1) is 6.61 Å². The first-order chi connectivity index (χ1) is 8.76. The zero-order valence-corrected chi connectivity index (χ0v) is 10.8. The summed E-state index contributed by atoms with van der Waals surface area (Å²) in [4.78, 5) is 4.55. The molecule has 0 saturated heterocycles. The third-order valence-electron chi connectivity index (χ3n) is 3.16. The van der Waals surface area contributed by atoms with Crippen LogP contribution in [0.1, 0.15) is 31.6 Å². The molecule has 0 aliphatic heterocycles. The van der Waals surface area contributed by atoms with E-state index >= 15 is 0 Å². The Kier molecular flexibility index (Phi) is 2.96. The number of aromatic nitrogens is 1. The molecule has 1 fully saturated rings. The maximum atomic E-state index is 5.74. The van der Waals surface area contributed by atoms with E-state index in [9.17, 15) is 0 Å². The molecule has 1 aliphatic carbocycles. The zero-order valence-electron chi connectivity index (χ0n) is 10.8. The minimum atomic E-state index is 0.280. The van der Waals surface area contributed by atoms with Crippen molar-refractivity contribution in [1.82, 2.24) is 4.98 Å².